The Morgan fingerprint density at radius 2 is 1.83 bits per heavy atom. The predicted octanol–water partition coefficient (Wildman–Crippen LogP) is 5.02. The van der Waals surface area contributed by atoms with Crippen LogP contribution in [-0.2, 0) is 16.0 Å². The molecule has 1 aromatic heterocycles. The summed E-state index contributed by atoms with van der Waals surface area (Å²) in [4.78, 5) is 13.5. The first-order chi connectivity index (χ1) is 11.2. The molecular weight excluding hydrogens is 354 g/mol. The molecule has 0 fully saturated rings. The van der Waals surface area contributed by atoms with E-state index in [0.717, 1.165) is 16.4 Å². The van der Waals surface area contributed by atoms with Crippen LogP contribution in [0.15, 0.2) is 59.2 Å². The van der Waals surface area contributed by atoms with E-state index >= 15 is 0 Å². The van der Waals surface area contributed by atoms with Gasteiger partial charge in [0.25, 0.3) is 6.47 Å². The van der Waals surface area contributed by atoms with Gasteiger partial charge in [-0.05, 0) is 45.1 Å². The summed E-state index contributed by atoms with van der Waals surface area (Å²) in [5.41, 5.74) is 4.87. The number of ether oxygens (including phenoxy) is 1. The molecule has 1 heterocycles. The Bertz CT molecular complexity index is 788. The summed E-state index contributed by atoms with van der Waals surface area (Å²) in [6.45, 7) is 2.55. The fourth-order valence-electron chi connectivity index (χ4n) is 2.44. The van der Waals surface area contributed by atoms with Crippen LogP contribution in [0.5, 0.6) is 0 Å². The lowest BCUT2D eigenvalue weighted by atomic mass is 9.95. The number of fused-ring (bicyclic) bond motifs is 1. The zero-order valence-corrected chi connectivity index (χ0v) is 14.7. The standard InChI is InChI=1S/C17H14BrN.C2H4O2/c1-2-12-11-19-17-14(9-6-10-15(17)18)16(12)13-7-4-3-5-8-13;1-4-2-3/h3-11H,2H2,1H3;2H,1H3. The molecule has 3 nitrogen and oxygen atoms in total. The van der Waals surface area contributed by atoms with Gasteiger partial charge < -0.3 is 4.74 Å². The van der Waals surface area contributed by atoms with Crippen LogP contribution in [0.1, 0.15) is 12.5 Å². The molecule has 0 amide bonds. The van der Waals surface area contributed by atoms with Crippen LogP contribution >= 0.6 is 15.9 Å². The lowest BCUT2D eigenvalue weighted by molar-refractivity contribution is -0.126. The summed E-state index contributed by atoms with van der Waals surface area (Å²) >= 11 is 3.59. The van der Waals surface area contributed by atoms with E-state index in [1.807, 2.05) is 12.3 Å². The highest BCUT2D eigenvalue weighted by Crippen LogP contribution is 2.33. The molecule has 0 N–H and O–H groups in total. The number of carbonyl (C=O) groups is 1. The molecule has 0 aliphatic carbocycles. The highest BCUT2D eigenvalue weighted by molar-refractivity contribution is 9.10. The number of rotatable bonds is 3. The Hall–Kier alpha value is -2.20. The van der Waals surface area contributed by atoms with E-state index < -0.39 is 0 Å². The number of benzene rings is 2. The van der Waals surface area contributed by atoms with Crippen LogP contribution < -0.4 is 0 Å². The van der Waals surface area contributed by atoms with Gasteiger partial charge in [0.1, 0.15) is 0 Å². The number of para-hydroxylation sites is 1. The van der Waals surface area contributed by atoms with Gasteiger partial charge in [0.2, 0.25) is 0 Å². The highest BCUT2D eigenvalue weighted by atomic mass is 79.9. The zero-order valence-electron chi connectivity index (χ0n) is 13.1. The van der Waals surface area contributed by atoms with Gasteiger partial charge in [-0.1, -0.05) is 49.4 Å². The number of carbonyl (C=O) groups excluding carboxylic acids is 1. The summed E-state index contributed by atoms with van der Waals surface area (Å²) in [5.74, 6) is 0. The fraction of sp³-hybridized carbons (Fsp3) is 0.158. The third-order valence-electron chi connectivity index (χ3n) is 3.47. The van der Waals surface area contributed by atoms with Crippen molar-refractivity contribution in [2.24, 2.45) is 0 Å². The maximum Gasteiger partial charge on any atom is 0.292 e. The molecule has 3 rings (SSSR count). The van der Waals surface area contributed by atoms with Crippen LogP contribution in [0.4, 0.5) is 0 Å². The number of hydrogen-bond donors (Lipinski definition) is 0. The summed E-state index contributed by atoms with van der Waals surface area (Å²) in [5, 5.41) is 1.21. The summed E-state index contributed by atoms with van der Waals surface area (Å²) in [6.07, 6.45) is 2.98. The van der Waals surface area contributed by atoms with E-state index in [4.69, 9.17) is 4.79 Å². The molecule has 0 saturated heterocycles. The van der Waals surface area contributed by atoms with Crippen molar-refractivity contribution in [1.29, 1.82) is 0 Å². The SMILES string of the molecule is CCc1cnc2c(Br)cccc2c1-c1ccccc1.COC=O. The monoisotopic (exact) mass is 371 g/mol. The van der Waals surface area contributed by atoms with Gasteiger partial charge in [-0.15, -0.1) is 0 Å². The second-order valence-corrected chi connectivity index (χ2v) is 5.70. The van der Waals surface area contributed by atoms with Crippen LogP contribution in [0.3, 0.4) is 0 Å². The van der Waals surface area contributed by atoms with Crippen molar-refractivity contribution in [3.8, 4) is 11.1 Å². The molecular formula is C19H18BrNO2. The molecule has 2 aromatic carbocycles. The molecule has 118 valence electrons. The van der Waals surface area contributed by atoms with Gasteiger partial charge in [0, 0.05) is 16.1 Å². The maximum absolute atomic E-state index is 8.95. The van der Waals surface area contributed by atoms with E-state index in [1.54, 1.807) is 0 Å². The Morgan fingerprint density at radius 1 is 1.13 bits per heavy atom. The average molecular weight is 372 g/mol. The number of aromatic nitrogens is 1. The smallest absolute Gasteiger partial charge is 0.292 e. The van der Waals surface area contributed by atoms with Gasteiger partial charge >= 0.3 is 0 Å². The Morgan fingerprint density at radius 3 is 2.43 bits per heavy atom. The first kappa shape index (κ1) is 17.2. The van der Waals surface area contributed by atoms with E-state index in [-0.39, 0.29) is 0 Å². The lowest BCUT2D eigenvalue weighted by Crippen LogP contribution is -1.93. The highest BCUT2D eigenvalue weighted by Gasteiger charge is 2.11. The third kappa shape index (κ3) is 3.96. The Kier molecular flexibility index (Phi) is 6.29. The van der Waals surface area contributed by atoms with E-state index in [2.05, 4.69) is 75.0 Å². The van der Waals surface area contributed by atoms with E-state index in [9.17, 15) is 0 Å². The predicted molar refractivity (Wildman–Crippen MR) is 97.3 cm³/mol. The Labute approximate surface area is 144 Å². The minimum atomic E-state index is 0.375. The second-order valence-electron chi connectivity index (χ2n) is 4.85. The van der Waals surface area contributed by atoms with Gasteiger partial charge in [0.05, 0.1) is 12.6 Å². The third-order valence-corrected chi connectivity index (χ3v) is 4.11. The molecule has 0 radical (unpaired) electrons. The zero-order chi connectivity index (χ0) is 16.7. The minimum Gasteiger partial charge on any atom is -0.471 e. The first-order valence-corrected chi connectivity index (χ1v) is 8.10. The van der Waals surface area contributed by atoms with E-state index in [0.29, 0.717) is 6.47 Å². The normalized spacial score (nSPS) is 9.87. The molecule has 0 unspecified atom stereocenters. The number of methoxy groups -OCH3 is 1. The molecule has 0 spiro atoms. The van der Waals surface area contributed by atoms with Crippen molar-refractivity contribution in [2.75, 3.05) is 7.11 Å². The topological polar surface area (TPSA) is 39.2 Å². The number of halogens is 1. The number of aryl methyl sites for hydroxylation is 1. The summed E-state index contributed by atoms with van der Waals surface area (Å²) in [7, 11) is 1.31. The van der Waals surface area contributed by atoms with Crippen molar-refractivity contribution < 1.29 is 9.53 Å². The van der Waals surface area contributed by atoms with Crippen LogP contribution in [-0.4, -0.2) is 18.6 Å². The second kappa shape index (κ2) is 8.44. The van der Waals surface area contributed by atoms with Crippen LogP contribution in [0.25, 0.3) is 22.0 Å². The summed E-state index contributed by atoms with van der Waals surface area (Å²) < 4.78 is 4.91. The number of nitrogens with zero attached hydrogens (tertiary/aromatic N) is 1. The summed E-state index contributed by atoms with van der Waals surface area (Å²) in [6, 6.07) is 16.8. The largest absolute Gasteiger partial charge is 0.471 e. The molecule has 0 saturated carbocycles. The first-order valence-electron chi connectivity index (χ1n) is 7.30. The van der Waals surface area contributed by atoms with E-state index in [1.165, 1.54) is 29.2 Å². The van der Waals surface area contributed by atoms with Gasteiger partial charge in [-0.2, -0.15) is 0 Å². The molecule has 4 heteroatoms. The van der Waals surface area contributed by atoms with Crippen molar-refractivity contribution in [1.82, 2.24) is 4.98 Å². The number of hydrogen-bond acceptors (Lipinski definition) is 3. The van der Waals surface area contributed by atoms with Gasteiger partial charge in [-0.3, -0.25) is 9.78 Å². The average Bonchev–Trinajstić information content (AvgIpc) is 2.62. The van der Waals surface area contributed by atoms with Crippen molar-refractivity contribution >= 4 is 33.3 Å². The van der Waals surface area contributed by atoms with Crippen molar-refractivity contribution in [3.05, 3.63) is 64.8 Å². The quantitative estimate of drug-likeness (QED) is 0.607. The molecule has 0 aliphatic heterocycles. The molecule has 23 heavy (non-hydrogen) atoms. The Balaban J connectivity index is 0.000000433. The van der Waals surface area contributed by atoms with Crippen molar-refractivity contribution in [3.63, 3.8) is 0 Å². The fourth-order valence-corrected chi connectivity index (χ4v) is 2.91. The van der Waals surface area contributed by atoms with Crippen LogP contribution in [0.2, 0.25) is 0 Å². The molecule has 0 aliphatic rings. The minimum absolute atomic E-state index is 0.375. The molecule has 3 aromatic rings. The lowest BCUT2D eigenvalue weighted by Gasteiger charge is -2.12. The molecule has 0 atom stereocenters. The van der Waals surface area contributed by atoms with Crippen molar-refractivity contribution in [2.45, 2.75) is 13.3 Å². The molecule has 0 bridgehead atoms. The van der Waals surface area contributed by atoms with Crippen LogP contribution in [0, 0.1) is 0 Å². The van der Waals surface area contributed by atoms with Gasteiger partial charge in [-0.25, -0.2) is 0 Å². The van der Waals surface area contributed by atoms with Gasteiger partial charge in [0.15, 0.2) is 0 Å². The number of pyridine rings is 1. The maximum atomic E-state index is 8.95.